The fourth-order valence-corrected chi connectivity index (χ4v) is 7.83. The van der Waals surface area contributed by atoms with Gasteiger partial charge in [-0.2, -0.15) is 0 Å². The Morgan fingerprint density at radius 1 is 0.765 bits per heavy atom. The third kappa shape index (κ3) is 7.89. The molecule has 0 aliphatic heterocycles. The number of anilines is 1. The molecule has 0 heterocycles. The van der Waals surface area contributed by atoms with Gasteiger partial charge in [-0.1, -0.05) is 155 Å². The van der Waals surface area contributed by atoms with E-state index in [-0.39, 0.29) is 10.8 Å². The van der Waals surface area contributed by atoms with E-state index in [1.807, 2.05) is 0 Å². The van der Waals surface area contributed by atoms with Crippen molar-refractivity contribution in [3.8, 4) is 11.1 Å². The number of fused-ring (bicyclic) bond motifs is 1. The van der Waals surface area contributed by atoms with E-state index in [4.69, 9.17) is 0 Å². The van der Waals surface area contributed by atoms with E-state index in [1.165, 1.54) is 72.6 Å². The van der Waals surface area contributed by atoms with Gasteiger partial charge in [-0.05, 0) is 127 Å². The zero-order chi connectivity index (χ0) is 36.8. The first kappa shape index (κ1) is 37.4. The second-order valence-corrected chi connectivity index (χ2v) is 14.9. The fraction of sp³-hybridized carbons (Fsp3) is 0.280. The van der Waals surface area contributed by atoms with Gasteiger partial charge in [0.05, 0.1) is 0 Å². The Bertz CT molecular complexity index is 2020. The molecule has 4 aromatic carbocycles. The quantitative estimate of drug-likeness (QED) is 0.143. The van der Waals surface area contributed by atoms with Gasteiger partial charge >= 0.3 is 0 Å². The monoisotopic (exact) mass is 671 g/mol. The number of benzene rings is 4. The van der Waals surface area contributed by atoms with Crippen LogP contribution in [0.2, 0.25) is 0 Å². The number of nitrogens with zero attached hydrogens (tertiary/aromatic N) is 1. The van der Waals surface area contributed by atoms with Crippen LogP contribution in [0.5, 0.6) is 0 Å². The third-order valence-electron chi connectivity index (χ3n) is 10.7. The van der Waals surface area contributed by atoms with Gasteiger partial charge in [-0.25, -0.2) is 0 Å². The van der Waals surface area contributed by atoms with Crippen LogP contribution in [0.1, 0.15) is 95.2 Å². The van der Waals surface area contributed by atoms with Crippen LogP contribution in [0.15, 0.2) is 151 Å². The fourth-order valence-electron chi connectivity index (χ4n) is 7.83. The van der Waals surface area contributed by atoms with Crippen LogP contribution in [0.25, 0.3) is 22.3 Å². The summed E-state index contributed by atoms with van der Waals surface area (Å²) in [4.78, 5) is 2.46. The minimum absolute atomic E-state index is 0.00714. The number of hydrogen-bond donors (Lipinski definition) is 0. The van der Waals surface area contributed by atoms with Crippen molar-refractivity contribution in [3.05, 3.63) is 184 Å². The van der Waals surface area contributed by atoms with Crippen molar-refractivity contribution < 1.29 is 0 Å². The molecule has 262 valence electrons. The molecule has 0 amide bonds. The van der Waals surface area contributed by atoms with Crippen molar-refractivity contribution in [3.63, 3.8) is 0 Å². The van der Waals surface area contributed by atoms with E-state index >= 15 is 0 Å². The molecule has 0 radical (unpaired) electrons. The SMILES string of the molecule is C/C=C\C(=C/C)N(C/C=C\C(=C/C)c1ccccc1)c1cc(-c2ccc(C)cc2)c(C)c(C(C)(C)C/C=C2\C(=C/C)C(C)(C)c3ccccc32)c1. The molecule has 0 N–H and O–H groups in total. The second-order valence-electron chi connectivity index (χ2n) is 14.9. The van der Waals surface area contributed by atoms with Gasteiger partial charge in [-0.3, -0.25) is 0 Å². The highest BCUT2D eigenvalue weighted by Gasteiger charge is 2.37. The van der Waals surface area contributed by atoms with E-state index in [1.54, 1.807) is 0 Å². The molecule has 0 saturated carbocycles. The Labute approximate surface area is 309 Å². The minimum atomic E-state index is -0.128. The molecule has 0 saturated heterocycles. The minimum Gasteiger partial charge on any atom is -0.338 e. The molecule has 0 aromatic heterocycles. The molecule has 1 nitrogen and oxygen atoms in total. The van der Waals surface area contributed by atoms with Gasteiger partial charge in [0.1, 0.15) is 0 Å². The van der Waals surface area contributed by atoms with Crippen molar-refractivity contribution in [2.24, 2.45) is 0 Å². The van der Waals surface area contributed by atoms with Crippen LogP contribution in [0, 0.1) is 13.8 Å². The average Bonchev–Trinajstić information content (AvgIpc) is 3.36. The zero-order valence-electron chi connectivity index (χ0n) is 32.6. The second kappa shape index (κ2) is 16.0. The van der Waals surface area contributed by atoms with E-state index in [9.17, 15) is 0 Å². The van der Waals surface area contributed by atoms with Crippen LogP contribution in [0.4, 0.5) is 5.69 Å². The van der Waals surface area contributed by atoms with Gasteiger partial charge in [-0.15, -0.1) is 0 Å². The first-order valence-corrected chi connectivity index (χ1v) is 18.6. The number of hydrogen-bond acceptors (Lipinski definition) is 1. The van der Waals surface area contributed by atoms with Crippen LogP contribution in [-0.2, 0) is 10.8 Å². The summed E-state index contributed by atoms with van der Waals surface area (Å²) in [6.07, 6.45) is 19.1. The highest BCUT2D eigenvalue weighted by Crippen LogP contribution is 2.50. The summed E-state index contributed by atoms with van der Waals surface area (Å²) in [6, 6.07) is 33.5. The van der Waals surface area contributed by atoms with Crippen molar-refractivity contribution >= 4 is 16.8 Å². The molecular formula is C50H57N. The largest absolute Gasteiger partial charge is 0.338 e. The molecule has 4 aromatic rings. The van der Waals surface area contributed by atoms with Crippen molar-refractivity contribution in [1.29, 1.82) is 0 Å². The summed E-state index contributed by atoms with van der Waals surface area (Å²) < 4.78 is 0. The molecule has 1 aliphatic carbocycles. The lowest BCUT2D eigenvalue weighted by molar-refractivity contribution is 0.531. The maximum Gasteiger partial charge on any atom is 0.0423 e. The molecule has 51 heavy (non-hydrogen) atoms. The lowest BCUT2D eigenvalue weighted by Crippen LogP contribution is -2.24. The summed E-state index contributed by atoms with van der Waals surface area (Å²) >= 11 is 0. The number of rotatable bonds is 11. The molecule has 0 spiro atoms. The molecule has 0 fully saturated rings. The van der Waals surface area contributed by atoms with E-state index in [0.717, 1.165) is 13.0 Å². The van der Waals surface area contributed by atoms with Crippen molar-refractivity contribution in [2.45, 2.75) is 86.5 Å². The maximum absolute atomic E-state index is 2.51. The summed E-state index contributed by atoms with van der Waals surface area (Å²) in [7, 11) is 0. The average molecular weight is 672 g/mol. The third-order valence-corrected chi connectivity index (χ3v) is 10.7. The smallest absolute Gasteiger partial charge is 0.0423 e. The topological polar surface area (TPSA) is 3.24 Å². The van der Waals surface area contributed by atoms with E-state index < -0.39 is 0 Å². The van der Waals surface area contributed by atoms with Gasteiger partial charge < -0.3 is 4.90 Å². The van der Waals surface area contributed by atoms with Gasteiger partial charge in [0.25, 0.3) is 0 Å². The highest BCUT2D eigenvalue weighted by atomic mass is 15.1. The normalized spacial score (nSPS) is 16.5. The maximum atomic E-state index is 2.51. The number of aryl methyl sites for hydroxylation is 1. The van der Waals surface area contributed by atoms with Crippen molar-refractivity contribution in [2.75, 3.05) is 11.4 Å². The van der Waals surface area contributed by atoms with Gasteiger partial charge in [0.2, 0.25) is 0 Å². The van der Waals surface area contributed by atoms with E-state index in [2.05, 4.69) is 214 Å². The summed E-state index contributed by atoms with van der Waals surface area (Å²) in [5, 5.41) is 0. The molecule has 0 atom stereocenters. The molecule has 0 unspecified atom stereocenters. The first-order valence-electron chi connectivity index (χ1n) is 18.6. The van der Waals surface area contributed by atoms with Crippen LogP contribution >= 0.6 is 0 Å². The lowest BCUT2D eigenvalue weighted by atomic mass is 9.76. The molecule has 1 aliphatic rings. The van der Waals surface area contributed by atoms with Gasteiger partial charge in [0, 0.05) is 23.3 Å². The van der Waals surface area contributed by atoms with E-state index in [0.29, 0.717) is 0 Å². The predicted octanol–water partition coefficient (Wildman–Crippen LogP) is 13.9. The summed E-state index contributed by atoms with van der Waals surface area (Å²) in [6.45, 7) is 23.3. The molecule has 5 rings (SSSR count). The zero-order valence-corrected chi connectivity index (χ0v) is 32.6. The summed E-state index contributed by atoms with van der Waals surface area (Å²) in [5.74, 6) is 0. The Morgan fingerprint density at radius 2 is 1.45 bits per heavy atom. The van der Waals surface area contributed by atoms with Crippen LogP contribution in [-0.4, -0.2) is 6.54 Å². The first-order chi connectivity index (χ1) is 24.5. The predicted molar refractivity (Wildman–Crippen MR) is 225 cm³/mol. The Balaban J connectivity index is 1.64. The highest BCUT2D eigenvalue weighted by molar-refractivity contribution is 5.89. The van der Waals surface area contributed by atoms with Crippen molar-refractivity contribution in [1.82, 2.24) is 0 Å². The Hall–Kier alpha value is -4.88. The molecule has 0 bridgehead atoms. The number of allylic oxidation sites excluding steroid dienone is 10. The van der Waals surface area contributed by atoms with Gasteiger partial charge in [0.15, 0.2) is 0 Å². The van der Waals surface area contributed by atoms with Crippen LogP contribution < -0.4 is 4.90 Å². The molecule has 1 heteroatoms. The standard InChI is InChI=1S/C50H57N/c1-11-21-41(13-3)51(33-20-24-38(12-2)39-22-16-15-17-23-39)42-34-45(40-29-27-36(5)28-30-40)37(6)48(35-42)49(7,8)32-31-44-43-25-18-19-26-47(43)50(9,10)46(44)14-4/h11-31,34-35H,32-33H2,1-10H3/b21-11-,24-20-,38-12+,41-13+,44-31-,46-14+. The Morgan fingerprint density at radius 3 is 2.10 bits per heavy atom. The molecular weight excluding hydrogens is 615 g/mol. The lowest BCUT2D eigenvalue weighted by Gasteiger charge is -2.32. The Kier molecular flexibility index (Phi) is 11.7. The van der Waals surface area contributed by atoms with Crippen LogP contribution in [0.3, 0.4) is 0 Å². The summed E-state index contributed by atoms with van der Waals surface area (Å²) in [5.41, 5.74) is 16.8.